The maximum atomic E-state index is 4.55. The third-order valence-corrected chi connectivity index (χ3v) is 4.76. The van der Waals surface area contributed by atoms with Gasteiger partial charge in [-0.15, -0.1) is 0 Å². The Morgan fingerprint density at radius 3 is 3.05 bits per heavy atom. The zero-order chi connectivity index (χ0) is 13.4. The van der Waals surface area contributed by atoms with Crippen LogP contribution in [0, 0.1) is 11.8 Å². The van der Waals surface area contributed by atoms with Gasteiger partial charge in [0.05, 0.1) is 0 Å². The summed E-state index contributed by atoms with van der Waals surface area (Å²) in [6, 6.07) is 0.492. The fraction of sp³-hybridized carbons (Fsp3) is 0.571. The van der Waals surface area contributed by atoms with E-state index in [1.807, 2.05) is 23.0 Å². The maximum Gasteiger partial charge on any atom is 0.180 e. The lowest BCUT2D eigenvalue weighted by molar-refractivity contribution is 0.253. The van der Waals surface area contributed by atoms with Gasteiger partial charge in [-0.25, -0.2) is 9.97 Å². The highest BCUT2D eigenvalue weighted by Crippen LogP contribution is 2.32. The number of imidazole rings is 1. The molecule has 1 N–H and O–H groups in total. The van der Waals surface area contributed by atoms with Gasteiger partial charge in [0, 0.05) is 24.6 Å². The van der Waals surface area contributed by atoms with Gasteiger partial charge in [-0.05, 0) is 34.2 Å². The van der Waals surface area contributed by atoms with Crippen molar-refractivity contribution in [3.63, 3.8) is 0 Å². The van der Waals surface area contributed by atoms with Gasteiger partial charge < -0.3 is 9.72 Å². The second-order valence-corrected chi connectivity index (χ2v) is 6.40. The van der Waals surface area contributed by atoms with Crippen molar-refractivity contribution < 1.29 is 0 Å². The first-order valence-electron chi connectivity index (χ1n) is 6.91. The number of hydrogen-bond donors (Lipinski definition) is 1. The third-order valence-electron chi connectivity index (χ3n) is 4.37. The van der Waals surface area contributed by atoms with E-state index in [9.17, 15) is 0 Å². The van der Waals surface area contributed by atoms with Crippen molar-refractivity contribution in [1.82, 2.24) is 14.4 Å². The summed E-state index contributed by atoms with van der Waals surface area (Å²) in [5, 5.41) is 3.61. The van der Waals surface area contributed by atoms with Crippen LogP contribution in [0.5, 0.6) is 0 Å². The van der Waals surface area contributed by atoms with E-state index in [1.54, 1.807) is 0 Å². The van der Waals surface area contributed by atoms with Gasteiger partial charge in [-0.2, -0.15) is 0 Å². The molecule has 2 heterocycles. The van der Waals surface area contributed by atoms with Gasteiger partial charge in [-0.1, -0.05) is 26.7 Å². The van der Waals surface area contributed by atoms with Gasteiger partial charge in [-0.3, -0.25) is 0 Å². The SMILES string of the molecule is CC1CCCC(Nc2nc(Br)cn3ccnc23)C1C. The van der Waals surface area contributed by atoms with Crippen LogP contribution in [0.15, 0.2) is 23.2 Å². The summed E-state index contributed by atoms with van der Waals surface area (Å²) in [6.45, 7) is 4.68. The van der Waals surface area contributed by atoms with E-state index >= 15 is 0 Å². The quantitative estimate of drug-likeness (QED) is 0.916. The smallest absolute Gasteiger partial charge is 0.180 e. The predicted octanol–water partition coefficient (Wildman–Crippen LogP) is 3.73. The van der Waals surface area contributed by atoms with E-state index in [0.29, 0.717) is 12.0 Å². The maximum absolute atomic E-state index is 4.55. The number of anilines is 1. The lowest BCUT2D eigenvalue weighted by Gasteiger charge is -2.34. The van der Waals surface area contributed by atoms with E-state index in [4.69, 9.17) is 0 Å². The standard InChI is InChI=1S/C14H19BrN4/c1-9-4-3-5-11(10(9)2)17-13-14-16-6-7-19(14)8-12(15)18-13/h6-11H,3-5H2,1-2H3,(H,17,18). The van der Waals surface area contributed by atoms with Crippen LogP contribution in [0.3, 0.4) is 0 Å². The minimum Gasteiger partial charge on any atom is -0.364 e. The van der Waals surface area contributed by atoms with E-state index < -0.39 is 0 Å². The predicted molar refractivity (Wildman–Crippen MR) is 80.3 cm³/mol. The highest BCUT2D eigenvalue weighted by molar-refractivity contribution is 9.10. The van der Waals surface area contributed by atoms with Crippen molar-refractivity contribution >= 4 is 27.4 Å². The Hall–Kier alpha value is -1.10. The van der Waals surface area contributed by atoms with Crippen molar-refractivity contribution in [2.24, 2.45) is 11.8 Å². The molecule has 1 saturated carbocycles. The molecule has 0 aliphatic heterocycles. The lowest BCUT2D eigenvalue weighted by Crippen LogP contribution is -2.35. The Labute approximate surface area is 121 Å². The van der Waals surface area contributed by atoms with Crippen LogP contribution < -0.4 is 5.32 Å². The van der Waals surface area contributed by atoms with E-state index in [2.05, 4.69) is 45.1 Å². The van der Waals surface area contributed by atoms with Crippen LogP contribution in [0.4, 0.5) is 5.82 Å². The molecule has 2 aromatic rings. The largest absolute Gasteiger partial charge is 0.364 e. The van der Waals surface area contributed by atoms with Crippen molar-refractivity contribution in [2.75, 3.05) is 5.32 Å². The molecule has 1 aliphatic rings. The number of nitrogens with one attached hydrogen (secondary N) is 1. The van der Waals surface area contributed by atoms with Crippen LogP contribution in [0.25, 0.3) is 5.65 Å². The van der Waals surface area contributed by atoms with E-state index in [-0.39, 0.29) is 0 Å². The fourth-order valence-electron chi connectivity index (χ4n) is 2.96. The summed E-state index contributed by atoms with van der Waals surface area (Å²) in [4.78, 5) is 8.94. The number of nitrogens with zero attached hydrogens (tertiary/aromatic N) is 3. The highest BCUT2D eigenvalue weighted by Gasteiger charge is 2.27. The Balaban J connectivity index is 1.90. The zero-order valence-corrected chi connectivity index (χ0v) is 12.9. The number of fused-ring (bicyclic) bond motifs is 1. The molecule has 0 radical (unpaired) electrons. The van der Waals surface area contributed by atoms with Gasteiger partial charge in [0.15, 0.2) is 11.5 Å². The van der Waals surface area contributed by atoms with Crippen molar-refractivity contribution in [3.8, 4) is 0 Å². The van der Waals surface area contributed by atoms with Gasteiger partial charge in [0.2, 0.25) is 0 Å². The van der Waals surface area contributed by atoms with E-state index in [1.165, 1.54) is 19.3 Å². The number of hydrogen-bond acceptors (Lipinski definition) is 3. The molecular formula is C14H19BrN4. The second-order valence-electron chi connectivity index (χ2n) is 5.59. The average molecular weight is 323 g/mol. The summed E-state index contributed by atoms with van der Waals surface area (Å²) in [5.74, 6) is 2.32. The highest BCUT2D eigenvalue weighted by atomic mass is 79.9. The zero-order valence-electron chi connectivity index (χ0n) is 11.3. The number of aromatic nitrogens is 3. The van der Waals surface area contributed by atoms with Crippen LogP contribution in [-0.4, -0.2) is 20.4 Å². The molecule has 19 heavy (non-hydrogen) atoms. The molecule has 4 nitrogen and oxygen atoms in total. The molecular weight excluding hydrogens is 304 g/mol. The third kappa shape index (κ3) is 2.48. The Morgan fingerprint density at radius 1 is 1.37 bits per heavy atom. The molecule has 0 bridgehead atoms. The first-order chi connectivity index (χ1) is 9.15. The van der Waals surface area contributed by atoms with Crippen molar-refractivity contribution in [1.29, 1.82) is 0 Å². The first kappa shape index (κ1) is 12.9. The normalized spacial score (nSPS) is 27.6. The first-order valence-corrected chi connectivity index (χ1v) is 7.70. The van der Waals surface area contributed by atoms with Crippen LogP contribution >= 0.6 is 15.9 Å². The Bertz CT molecular complexity index is 580. The van der Waals surface area contributed by atoms with Gasteiger partial charge in [0.1, 0.15) is 4.60 Å². The average Bonchev–Trinajstić information content (AvgIpc) is 2.83. The fourth-order valence-corrected chi connectivity index (χ4v) is 3.36. The summed E-state index contributed by atoms with van der Waals surface area (Å²) < 4.78 is 2.83. The number of halogens is 1. The number of rotatable bonds is 2. The summed E-state index contributed by atoms with van der Waals surface area (Å²) in [6.07, 6.45) is 9.53. The van der Waals surface area contributed by atoms with Gasteiger partial charge in [0.25, 0.3) is 0 Å². The van der Waals surface area contributed by atoms with Crippen molar-refractivity contribution in [3.05, 3.63) is 23.2 Å². The monoisotopic (exact) mass is 322 g/mol. The second kappa shape index (κ2) is 5.12. The minimum absolute atomic E-state index is 0.492. The van der Waals surface area contributed by atoms with Crippen molar-refractivity contribution in [2.45, 2.75) is 39.2 Å². The summed E-state index contributed by atoms with van der Waals surface area (Å²) >= 11 is 3.46. The molecule has 3 atom stereocenters. The lowest BCUT2D eigenvalue weighted by atomic mass is 9.78. The molecule has 1 aliphatic carbocycles. The minimum atomic E-state index is 0.492. The topological polar surface area (TPSA) is 42.2 Å². The Morgan fingerprint density at radius 2 is 2.21 bits per heavy atom. The molecule has 102 valence electrons. The molecule has 3 rings (SSSR count). The Kier molecular flexibility index (Phi) is 3.48. The van der Waals surface area contributed by atoms with Crippen LogP contribution in [0.2, 0.25) is 0 Å². The summed E-state index contributed by atoms with van der Waals surface area (Å²) in [5.41, 5.74) is 0.897. The molecule has 0 saturated heterocycles. The molecule has 0 aromatic carbocycles. The van der Waals surface area contributed by atoms with Gasteiger partial charge >= 0.3 is 0 Å². The molecule has 1 fully saturated rings. The van der Waals surface area contributed by atoms with Crippen LogP contribution in [-0.2, 0) is 0 Å². The molecule has 5 heteroatoms. The van der Waals surface area contributed by atoms with Crippen LogP contribution in [0.1, 0.15) is 33.1 Å². The van der Waals surface area contributed by atoms with E-state index in [0.717, 1.165) is 22.0 Å². The molecule has 0 spiro atoms. The molecule has 0 amide bonds. The summed E-state index contributed by atoms with van der Waals surface area (Å²) in [7, 11) is 0. The molecule has 3 unspecified atom stereocenters. The molecule has 2 aromatic heterocycles.